The lowest BCUT2D eigenvalue weighted by Crippen LogP contribution is -2.36. The van der Waals surface area contributed by atoms with Crippen LogP contribution in [0.25, 0.3) is 0 Å². The molecule has 0 radical (unpaired) electrons. The minimum atomic E-state index is -0.748. The lowest BCUT2D eigenvalue weighted by molar-refractivity contribution is -0.385. The first-order chi connectivity index (χ1) is 16.3. The van der Waals surface area contributed by atoms with E-state index in [1.54, 1.807) is 37.3 Å². The fraction of sp³-hybridized carbons (Fsp3) is 0.360. The maximum absolute atomic E-state index is 13.5. The van der Waals surface area contributed by atoms with Crippen molar-refractivity contribution in [2.45, 2.75) is 38.5 Å². The molecule has 0 fully saturated rings. The van der Waals surface area contributed by atoms with E-state index in [-0.39, 0.29) is 36.2 Å². The van der Waals surface area contributed by atoms with Crippen LogP contribution in [-0.2, 0) is 19.1 Å². The number of nitrogens with one attached hydrogen (secondary N) is 1. The second-order valence-corrected chi connectivity index (χ2v) is 9.44. The lowest BCUT2D eigenvalue weighted by Gasteiger charge is -2.36. The van der Waals surface area contributed by atoms with E-state index in [9.17, 15) is 19.7 Å². The third-order valence-electron chi connectivity index (χ3n) is 6.28. The van der Waals surface area contributed by atoms with Crippen molar-refractivity contribution in [1.29, 1.82) is 0 Å². The Morgan fingerprint density at radius 2 is 2.03 bits per heavy atom. The zero-order chi connectivity index (χ0) is 24.4. The number of nitro benzene ring substituents is 1. The molecule has 1 aliphatic heterocycles. The number of hydrogen-bond acceptors (Lipinski definition) is 8. The summed E-state index contributed by atoms with van der Waals surface area (Å²) in [6.45, 7) is 3.73. The quantitative estimate of drug-likeness (QED) is 0.268. The van der Waals surface area contributed by atoms with Crippen LogP contribution in [0.15, 0.2) is 58.3 Å². The number of hydrogen-bond donors (Lipinski definition) is 1. The van der Waals surface area contributed by atoms with Gasteiger partial charge in [-0.05, 0) is 37.3 Å². The lowest BCUT2D eigenvalue weighted by atomic mass is 9.72. The van der Waals surface area contributed by atoms with Crippen LogP contribution < -0.4 is 5.32 Å². The highest BCUT2D eigenvalue weighted by Gasteiger charge is 2.42. The summed E-state index contributed by atoms with van der Waals surface area (Å²) < 4.78 is 10.4. The van der Waals surface area contributed by atoms with Gasteiger partial charge in [-0.3, -0.25) is 14.9 Å². The Morgan fingerprint density at radius 1 is 1.24 bits per heavy atom. The summed E-state index contributed by atoms with van der Waals surface area (Å²) >= 11 is 1.62. The van der Waals surface area contributed by atoms with E-state index in [0.717, 1.165) is 10.6 Å². The summed E-state index contributed by atoms with van der Waals surface area (Å²) in [5.41, 5.74) is 3.08. The van der Waals surface area contributed by atoms with E-state index in [0.29, 0.717) is 35.2 Å². The Hall–Kier alpha value is -3.30. The van der Waals surface area contributed by atoms with Crippen LogP contribution in [0.3, 0.4) is 0 Å². The summed E-state index contributed by atoms with van der Waals surface area (Å²) in [5.74, 6) is -1.35. The zero-order valence-electron chi connectivity index (χ0n) is 19.3. The van der Waals surface area contributed by atoms with Crippen molar-refractivity contribution < 1.29 is 24.0 Å². The molecule has 178 valence electrons. The third kappa shape index (κ3) is 4.53. The van der Waals surface area contributed by atoms with Crippen LogP contribution in [0.5, 0.6) is 0 Å². The fourth-order valence-corrected chi connectivity index (χ4v) is 5.50. The molecule has 0 bridgehead atoms. The number of aryl methyl sites for hydroxylation is 1. The Balaban J connectivity index is 1.81. The Kier molecular flexibility index (Phi) is 6.95. The molecule has 34 heavy (non-hydrogen) atoms. The Bertz CT molecular complexity index is 1200. The molecule has 2 heterocycles. The number of methoxy groups -OCH3 is 1. The van der Waals surface area contributed by atoms with Crippen LogP contribution in [-0.4, -0.2) is 37.0 Å². The normalized spacial score (nSPS) is 20.1. The standard InChI is InChI=1S/C25H26N2O6S/c1-14-6-7-16(12-19(14)27(30)31)23-22(25(29)33-9-8-32-3)15(2)26-18-11-17(13-20(28)24(18)23)21-5-4-10-34-21/h4-7,10,12,17,23,26H,8-9,11,13H2,1-3H3/t17-,23-/m0/s1. The molecule has 1 N–H and O–H groups in total. The van der Waals surface area contributed by atoms with Crippen molar-refractivity contribution in [3.63, 3.8) is 0 Å². The van der Waals surface area contributed by atoms with E-state index in [4.69, 9.17) is 9.47 Å². The highest BCUT2D eigenvalue weighted by molar-refractivity contribution is 7.10. The average Bonchev–Trinajstić information content (AvgIpc) is 3.33. The van der Waals surface area contributed by atoms with Gasteiger partial charge in [0, 0.05) is 58.8 Å². The maximum atomic E-state index is 13.5. The number of ether oxygens (including phenoxy) is 2. The van der Waals surface area contributed by atoms with Crippen molar-refractivity contribution in [3.8, 4) is 0 Å². The monoisotopic (exact) mass is 482 g/mol. The molecule has 0 unspecified atom stereocenters. The van der Waals surface area contributed by atoms with Crippen LogP contribution in [0.2, 0.25) is 0 Å². The number of carbonyl (C=O) groups excluding carboxylic acids is 2. The van der Waals surface area contributed by atoms with Gasteiger partial charge in [-0.1, -0.05) is 18.2 Å². The highest BCUT2D eigenvalue weighted by Crippen LogP contribution is 2.46. The van der Waals surface area contributed by atoms with Gasteiger partial charge >= 0.3 is 5.97 Å². The van der Waals surface area contributed by atoms with Gasteiger partial charge in [0.25, 0.3) is 5.69 Å². The predicted octanol–water partition coefficient (Wildman–Crippen LogP) is 4.52. The minimum Gasteiger partial charge on any atom is -0.460 e. The summed E-state index contributed by atoms with van der Waals surface area (Å²) in [6.07, 6.45) is 0.936. The summed E-state index contributed by atoms with van der Waals surface area (Å²) in [6, 6.07) is 8.86. The molecule has 1 aromatic heterocycles. The van der Waals surface area contributed by atoms with Gasteiger partial charge in [-0.25, -0.2) is 4.79 Å². The third-order valence-corrected chi connectivity index (χ3v) is 7.31. The SMILES string of the molecule is COCCOC(=O)C1=C(C)NC2=C(C(=O)C[C@@H](c3cccs3)C2)[C@H]1c1ccc(C)c([N+](=O)[O-])c1. The van der Waals surface area contributed by atoms with Gasteiger partial charge in [-0.2, -0.15) is 0 Å². The number of allylic oxidation sites excluding steroid dienone is 3. The topological polar surface area (TPSA) is 108 Å². The largest absolute Gasteiger partial charge is 0.460 e. The van der Waals surface area contributed by atoms with Crippen molar-refractivity contribution in [2.75, 3.05) is 20.3 Å². The second kappa shape index (κ2) is 9.90. The Labute approximate surface area is 201 Å². The number of rotatable bonds is 7. The summed E-state index contributed by atoms with van der Waals surface area (Å²) in [4.78, 5) is 39.0. The van der Waals surface area contributed by atoms with Crippen molar-refractivity contribution >= 4 is 28.8 Å². The van der Waals surface area contributed by atoms with Crippen LogP contribution in [0, 0.1) is 17.0 Å². The zero-order valence-corrected chi connectivity index (χ0v) is 20.1. The molecule has 2 atom stereocenters. The molecule has 9 heteroatoms. The molecule has 2 aromatic rings. The smallest absolute Gasteiger partial charge is 0.336 e. The number of nitro groups is 1. The summed E-state index contributed by atoms with van der Waals surface area (Å²) in [7, 11) is 1.51. The van der Waals surface area contributed by atoms with Gasteiger partial charge in [0.15, 0.2) is 5.78 Å². The molecule has 0 spiro atoms. The maximum Gasteiger partial charge on any atom is 0.336 e. The average molecular weight is 483 g/mol. The molecule has 8 nitrogen and oxygen atoms in total. The number of thiophene rings is 1. The number of carbonyl (C=O) groups is 2. The van der Waals surface area contributed by atoms with Crippen molar-refractivity contribution in [3.05, 3.63) is 84.4 Å². The first-order valence-corrected chi connectivity index (χ1v) is 11.9. The van der Waals surface area contributed by atoms with E-state index in [1.165, 1.54) is 13.2 Å². The second-order valence-electron chi connectivity index (χ2n) is 8.46. The number of ketones is 1. The van der Waals surface area contributed by atoms with Crippen molar-refractivity contribution in [1.82, 2.24) is 5.32 Å². The molecular formula is C25H26N2O6S. The van der Waals surface area contributed by atoms with Crippen molar-refractivity contribution in [2.24, 2.45) is 0 Å². The van der Waals surface area contributed by atoms with E-state index in [1.807, 2.05) is 17.5 Å². The molecule has 2 aliphatic rings. The van der Waals surface area contributed by atoms with E-state index in [2.05, 4.69) is 5.32 Å². The van der Waals surface area contributed by atoms with Gasteiger partial charge < -0.3 is 14.8 Å². The molecular weight excluding hydrogens is 456 g/mol. The fourth-order valence-electron chi connectivity index (χ4n) is 4.67. The first-order valence-electron chi connectivity index (χ1n) is 11.0. The number of Topliss-reactive ketones (excluding diaryl/α,β-unsaturated/α-hetero) is 1. The number of esters is 1. The van der Waals surface area contributed by atoms with E-state index >= 15 is 0 Å². The van der Waals surface area contributed by atoms with Crippen LogP contribution in [0.4, 0.5) is 5.69 Å². The minimum absolute atomic E-state index is 0.0507. The molecule has 0 amide bonds. The molecule has 0 saturated heterocycles. The molecule has 1 aromatic carbocycles. The number of dihydropyridines is 1. The highest BCUT2D eigenvalue weighted by atomic mass is 32.1. The molecule has 0 saturated carbocycles. The number of benzene rings is 1. The first kappa shape index (κ1) is 23.8. The van der Waals surface area contributed by atoms with Crippen LogP contribution in [0.1, 0.15) is 47.6 Å². The number of nitrogens with zero attached hydrogens (tertiary/aromatic N) is 1. The predicted molar refractivity (Wildman–Crippen MR) is 128 cm³/mol. The van der Waals surface area contributed by atoms with Gasteiger partial charge in [-0.15, -0.1) is 11.3 Å². The van der Waals surface area contributed by atoms with Gasteiger partial charge in [0.2, 0.25) is 0 Å². The Morgan fingerprint density at radius 3 is 2.71 bits per heavy atom. The molecule has 4 rings (SSSR count). The molecule has 1 aliphatic carbocycles. The van der Waals surface area contributed by atoms with Gasteiger partial charge in [0.1, 0.15) is 6.61 Å². The van der Waals surface area contributed by atoms with E-state index < -0.39 is 16.8 Å². The summed E-state index contributed by atoms with van der Waals surface area (Å²) in [5, 5.41) is 16.9. The van der Waals surface area contributed by atoms with Crippen LogP contribution >= 0.6 is 11.3 Å². The van der Waals surface area contributed by atoms with Gasteiger partial charge in [0.05, 0.1) is 17.1 Å².